The number of rotatable bonds is 9. The van der Waals surface area contributed by atoms with Crippen molar-refractivity contribution < 1.29 is 15.0 Å². The fraction of sp³-hybridized carbons (Fsp3) is 0.909. The highest BCUT2D eigenvalue weighted by Gasteiger charge is 2.00. The Balaban J connectivity index is 3.02. The normalized spacial score (nSPS) is 12.7. The molecule has 0 aliphatic rings. The summed E-state index contributed by atoms with van der Waals surface area (Å²) < 4.78 is 0. The smallest absolute Gasteiger partial charge is 0.303 e. The number of carboxylic acids is 1. The monoisotopic (exact) mass is 202 g/mol. The van der Waals surface area contributed by atoms with Gasteiger partial charge in [0.15, 0.2) is 0 Å². The zero-order chi connectivity index (χ0) is 10.8. The minimum absolute atomic E-state index is 0.144. The molecule has 2 N–H and O–H groups in total. The zero-order valence-corrected chi connectivity index (χ0v) is 9.04. The molecule has 0 fully saturated rings. The standard InChI is InChI=1S/C11H22O3/c1-2-10(12)8-6-4-3-5-7-9-11(13)14/h10,12H,2-9H2,1H3,(H,13,14)/t10-/m1/s1. The van der Waals surface area contributed by atoms with E-state index in [0.29, 0.717) is 0 Å². The number of aliphatic carboxylic acids is 1. The molecule has 0 aromatic rings. The van der Waals surface area contributed by atoms with Crippen LogP contribution >= 0.6 is 0 Å². The van der Waals surface area contributed by atoms with E-state index in [9.17, 15) is 9.90 Å². The van der Waals surface area contributed by atoms with E-state index in [1.807, 2.05) is 6.92 Å². The number of hydrogen-bond acceptors (Lipinski definition) is 2. The molecule has 3 nitrogen and oxygen atoms in total. The van der Waals surface area contributed by atoms with E-state index >= 15 is 0 Å². The van der Waals surface area contributed by atoms with Crippen molar-refractivity contribution in [3.8, 4) is 0 Å². The second kappa shape index (κ2) is 9.00. The molecule has 0 saturated carbocycles. The van der Waals surface area contributed by atoms with E-state index in [0.717, 1.165) is 44.9 Å². The van der Waals surface area contributed by atoms with E-state index in [4.69, 9.17) is 5.11 Å². The van der Waals surface area contributed by atoms with Gasteiger partial charge in [-0.05, 0) is 19.3 Å². The van der Waals surface area contributed by atoms with Gasteiger partial charge < -0.3 is 10.2 Å². The minimum atomic E-state index is -0.702. The Morgan fingerprint density at radius 2 is 1.71 bits per heavy atom. The van der Waals surface area contributed by atoms with Crippen molar-refractivity contribution in [1.29, 1.82) is 0 Å². The van der Waals surface area contributed by atoms with Crippen molar-refractivity contribution in [3.63, 3.8) is 0 Å². The highest BCUT2D eigenvalue weighted by molar-refractivity contribution is 5.66. The number of carboxylic acid groups (broad SMARTS) is 1. The average Bonchev–Trinajstić information content (AvgIpc) is 2.15. The summed E-state index contributed by atoms with van der Waals surface area (Å²) in [5, 5.41) is 17.6. The summed E-state index contributed by atoms with van der Waals surface area (Å²) in [6, 6.07) is 0. The highest BCUT2D eigenvalue weighted by Crippen LogP contribution is 2.09. The number of unbranched alkanes of at least 4 members (excludes halogenated alkanes) is 4. The third-order valence-corrected chi connectivity index (χ3v) is 2.40. The van der Waals surface area contributed by atoms with Crippen LogP contribution in [0.1, 0.15) is 58.3 Å². The van der Waals surface area contributed by atoms with Gasteiger partial charge in [-0.3, -0.25) is 4.79 Å². The molecule has 84 valence electrons. The quantitative estimate of drug-likeness (QED) is 0.565. The molecule has 0 aromatic carbocycles. The van der Waals surface area contributed by atoms with Crippen LogP contribution in [-0.4, -0.2) is 22.3 Å². The number of carbonyl (C=O) groups is 1. The summed E-state index contributed by atoms with van der Waals surface area (Å²) in [7, 11) is 0. The van der Waals surface area contributed by atoms with Gasteiger partial charge in [-0.2, -0.15) is 0 Å². The molecule has 0 spiro atoms. The first-order chi connectivity index (χ1) is 6.66. The SMILES string of the molecule is CC[C@@H](O)CCCCCCCC(=O)O. The van der Waals surface area contributed by atoms with Crippen LogP contribution in [0.5, 0.6) is 0 Å². The number of aliphatic hydroxyl groups excluding tert-OH is 1. The third-order valence-electron chi connectivity index (χ3n) is 2.40. The summed E-state index contributed by atoms with van der Waals surface area (Å²) in [4.78, 5) is 10.2. The largest absolute Gasteiger partial charge is 0.481 e. The molecule has 0 unspecified atom stereocenters. The molecule has 0 aliphatic heterocycles. The Labute approximate surface area is 86.1 Å². The van der Waals surface area contributed by atoms with Crippen LogP contribution in [0, 0.1) is 0 Å². The first-order valence-corrected chi connectivity index (χ1v) is 5.56. The third kappa shape index (κ3) is 9.52. The molecular formula is C11H22O3. The summed E-state index contributed by atoms with van der Waals surface area (Å²) in [6.45, 7) is 1.98. The first-order valence-electron chi connectivity index (χ1n) is 5.56. The molecule has 0 saturated heterocycles. The van der Waals surface area contributed by atoms with Gasteiger partial charge >= 0.3 is 5.97 Å². The maximum Gasteiger partial charge on any atom is 0.303 e. The maximum absolute atomic E-state index is 10.2. The Morgan fingerprint density at radius 1 is 1.14 bits per heavy atom. The lowest BCUT2D eigenvalue weighted by molar-refractivity contribution is -0.137. The van der Waals surface area contributed by atoms with Crippen LogP contribution in [-0.2, 0) is 4.79 Å². The van der Waals surface area contributed by atoms with E-state index in [1.165, 1.54) is 0 Å². The van der Waals surface area contributed by atoms with Crippen molar-refractivity contribution in [3.05, 3.63) is 0 Å². The fourth-order valence-corrected chi connectivity index (χ4v) is 1.39. The minimum Gasteiger partial charge on any atom is -0.481 e. The van der Waals surface area contributed by atoms with Crippen molar-refractivity contribution in [1.82, 2.24) is 0 Å². The van der Waals surface area contributed by atoms with Crippen molar-refractivity contribution in [2.24, 2.45) is 0 Å². The molecule has 0 radical (unpaired) electrons. The van der Waals surface area contributed by atoms with Gasteiger partial charge in [-0.25, -0.2) is 0 Å². The lowest BCUT2D eigenvalue weighted by Gasteiger charge is -2.06. The second-order valence-corrected chi connectivity index (χ2v) is 3.76. The summed E-state index contributed by atoms with van der Waals surface area (Å²) in [6.07, 6.45) is 6.89. The lowest BCUT2D eigenvalue weighted by Crippen LogP contribution is -2.03. The van der Waals surface area contributed by atoms with Crippen molar-refractivity contribution >= 4 is 5.97 Å². The molecule has 0 amide bonds. The molecule has 0 rings (SSSR count). The molecule has 0 bridgehead atoms. The molecule has 0 aromatic heterocycles. The van der Waals surface area contributed by atoms with E-state index in [2.05, 4.69) is 0 Å². The van der Waals surface area contributed by atoms with E-state index < -0.39 is 5.97 Å². The molecule has 0 heterocycles. The lowest BCUT2D eigenvalue weighted by atomic mass is 10.1. The highest BCUT2D eigenvalue weighted by atomic mass is 16.4. The van der Waals surface area contributed by atoms with Gasteiger partial charge in [0.1, 0.15) is 0 Å². The number of hydrogen-bond donors (Lipinski definition) is 2. The van der Waals surface area contributed by atoms with Gasteiger partial charge in [0.05, 0.1) is 6.10 Å². The Kier molecular flexibility index (Phi) is 8.64. The average molecular weight is 202 g/mol. The van der Waals surface area contributed by atoms with Crippen LogP contribution in [0.15, 0.2) is 0 Å². The topological polar surface area (TPSA) is 57.5 Å². The Hall–Kier alpha value is -0.570. The van der Waals surface area contributed by atoms with Crippen LogP contribution in [0.3, 0.4) is 0 Å². The molecule has 1 atom stereocenters. The Morgan fingerprint density at radius 3 is 2.29 bits per heavy atom. The predicted molar refractivity (Wildman–Crippen MR) is 56.3 cm³/mol. The second-order valence-electron chi connectivity index (χ2n) is 3.76. The van der Waals surface area contributed by atoms with Crippen LogP contribution in [0.25, 0.3) is 0 Å². The van der Waals surface area contributed by atoms with Crippen molar-refractivity contribution in [2.45, 2.75) is 64.4 Å². The predicted octanol–water partition coefficient (Wildman–Crippen LogP) is 2.57. The zero-order valence-electron chi connectivity index (χ0n) is 9.04. The van der Waals surface area contributed by atoms with Crippen molar-refractivity contribution in [2.75, 3.05) is 0 Å². The van der Waals surface area contributed by atoms with E-state index in [1.54, 1.807) is 0 Å². The molecular weight excluding hydrogens is 180 g/mol. The summed E-state index contributed by atoms with van der Waals surface area (Å²) in [5.74, 6) is -0.702. The summed E-state index contributed by atoms with van der Waals surface area (Å²) in [5.41, 5.74) is 0. The van der Waals surface area contributed by atoms with Gasteiger partial charge in [0.2, 0.25) is 0 Å². The van der Waals surface area contributed by atoms with Crippen LogP contribution in [0.4, 0.5) is 0 Å². The van der Waals surface area contributed by atoms with Crippen LogP contribution in [0.2, 0.25) is 0 Å². The molecule has 14 heavy (non-hydrogen) atoms. The number of aliphatic hydroxyl groups is 1. The molecule has 3 heteroatoms. The Bertz CT molecular complexity index is 145. The first kappa shape index (κ1) is 13.4. The van der Waals surface area contributed by atoms with Gasteiger partial charge in [0.25, 0.3) is 0 Å². The van der Waals surface area contributed by atoms with Gasteiger partial charge in [-0.1, -0.05) is 32.6 Å². The maximum atomic E-state index is 10.2. The molecule has 0 aliphatic carbocycles. The fourth-order valence-electron chi connectivity index (χ4n) is 1.39. The van der Waals surface area contributed by atoms with E-state index in [-0.39, 0.29) is 12.5 Å². The van der Waals surface area contributed by atoms with Gasteiger partial charge in [-0.15, -0.1) is 0 Å². The van der Waals surface area contributed by atoms with Crippen LogP contribution < -0.4 is 0 Å². The summed E-state index contributed by atoms with van der Waals surface area (Å²) >= 11 is 0. The van der Waals surface area contributed by atoms with Gasteiger partial charge in [0, 0.05) is 6.42 Å².